The molecule has 4 nitrogen and oxygen atoms in total. The topological polar surface area (TPSA) is 35.9 Å². The first-order valence-electron chi connectivity index (χ1n) is 20.7. The van der Waals surface area contributed by atoms with Gasteiger partial charge in [0.1, 0.15) is 11.2 Å². The van der Waals surface area contributed by atoms with E-state index >= 15 is 0 Å². The standard InChI is InChI=1S/C56H37N3O/c1-56(2)47-23-22-39(33-46(47)55-48(56)15-10-28-57-55)59-50-17-9-7-14-41(50)43-30-35(19-25-52(43)59)37-21-27-54-45(32-37)44-31-36(20-26-53(44)60-54)34-18-24-51-42(29-34)40-13-6-8-16-49(40)58(51)38-11-4-3-5-12-38/h3-33H,1-2H3. The number of rotatable bonds is 4. The normalized spacial score (nSPS) is 13.3. The van der Waals surface area contributed by atoms with E-state index in [0.717, 1.165) is 50.1 Å². The highest BCUT2D eigenvalue weighted by Crippen LogP contribution is 2.49. The van der Waals surface area contributed by atoms with E-state index in [-0.39, 0.29) is 5.41 Å². The summed E-state index contributed by atoms with van der Waals surface area (Å²) >= 11 is 0. The van der Waals surface area contributed by atoms with E-state index in [1.165, 1.54) is 71.4 Å². The molecule has 0 N–H and O–H groups in total. The zero-order chi connectivity index (χ0) is 39.7. The van der Waals surface area contributed by atoms with Crippen LogP contribution in [0.3, 0.4) is 0 Å². The summed E-state index contributed by atoms with van der Waals surface area (Å²) < 4.78 is 11.2. The largest absolute Gasteiger partial charge is 0.456 e. The quantitative estimate of drug-likeness (QED) is 0.179. The molecular weight excluding hydrogens is 731 g/mol. The van der Waals surface area contributed by atoms with E-state index in [4.69, 9.17) is 9.40 Å². The van der Waals surface area contributed by atoms with Crippen LogP contribution in [0.4, 0.5) is 0 Å². The van der Waals surface area contributed by atoms with Crippen molar-refractivity contribution in [3.63, 3.8) is 0 Å². The molecule has 1 aliphatic carbocycles. The minimum absolute atomic E-state index is 0.0874. The van der Waals surface area contributed by atoms with Gasteiger partial charge in [0.05, 0.1) is 27.8 Å². The lowest BCUT2D eigenvalue weighted by atomic mass is 9.83. The number of hydrogen-bond acceptors (Lipinski definition) is 2. The number of benzene rings is 8. The van der Waals surface area contributed by atoms with E-state index in [0.29, 0.717) is 0 Å². The smallest absolute Gasteiger partial charge is 0.135 e. The molecule has 0 amide bonds. The second-order valence-electron chi connectivity index (χ2n) is 16.8. The van der Waals surface area contributed by atoms with Crippen LogP contribution in [0.1, 0.15) is 25.0 Å². The predicted molar refractivity (Wildman–Crippen MR) is 249 cm³/mol. The summed E-state index contributed by atoms with van der Waals surface area (Å²) in [6, 6.07) is 66.3. The number of para-hydroxylation sites is 3. The van der Waals surface area contributed by atoms with Crippen molar-refractivity contribution in [1.29, 1.82) is 0 Å². The van der Waals surface area contributed by atoms with Crippen LogP contribution in [0, 0.1) is 0 Å². The third-order valence-corrected chi connectivity index (χ3v) is 13.2. The van der Waals surface area contributed by atoms with Crippen molar-refractivity contribution in [3.8, 4) is 44.9 Å². The Kier molecular flexibility index (Phi) is 6.75. The Morgan fingerprint density at radius 3 is 1.53 bits per heavy atom. The highest BCUT2D eigenvalue weighted by Gasteiger charge is 2.36. The predicted octanol–water partition coefficient (Wildman–Crippen LogP) is 14.8. The molecule has 282 valence electrons. The fourth-order valence-electron chi connectivity index (χ4n) is 10.3. The average molecular weight is 768 g/mol. The number of aromatic nitrogens is 3. The van der Waals surface area contributed by atoms with Crippen LogP contribution in [-0.2, 0) is 5.41 Å². The lowest BCUT2D eigenvalue weighted by Crippen LogP contribution is -2.15. The van der Waals surface area contributed by atoms with Gasteiger partial charge < -0.3 is 13.6 Å². The van der Waals surface area contributed by atoms with Crippen molar-refractivity contribution < 1.29 is 4.42 Å². The van der Waals surface area contributed by atoms with Gasteiger partial charge in [0, 0.05) is 60.9 Å². The molecule has 0 aliphatic heterocycles. The molecular formula is C56H37N3O. The molecule has 4 aromatic heterocycles. The summed E-state index contributed by atoms with van der Waals surface area (Å²) in [6.07, 6.45) is 1.91. The zero-order valence-electron chi connectivity index (χ0n) is 33.1. The van der Waals surface area contributed by atoms with E-state index in [1.807, 2.05) is 6.20 Å². The van der Waals surface area contributed by atoms with Gasteiger partial charge >= 0.3 is 0 Å². The van der Waals surface area contributed by atoms with Crippen molar-refractivity contribution in [2.24, 2.45) is 0 Å². The maximum Gasteiger partial charge on any atom is 0.135 e. The lowest BCUT2D eigenvalue weighted by Gasteiger charge is -2.21. The summed E-state index contributed by atoms with van der Waals surface area (Å²) in [7, 11) is 0. The van der Waals surface area contributed by atoms with Crippen LogP contribution in [0.5, 0.6) is 0 Å². The van der Waals surface area contributed by atoms with Gasteiger partial charge in [-0.05, 0) is 124 Å². The van der Waals surface area contributed by atoms with Crippen molar-refractivity contribution in [3.05, 3.63) is 199 Å². The molecule has 0 spiro atoms. The first-order chi connectivity index (χ1) is 29.5. The van der Waals surface area contributed by atoms with E-state index in [2.05, 4.69) is 205 Å². The lowest BCUT2D eigenvalue weighted by molar-refractivity contribution is 0.659. The van der Waals surface area contributed by atoms with Crippen molar-refractivity contribution in [2.45, 2.75) is 19.3 Å². The van der Waals surface area contributed by atoms with Crippen LogP contribution in [0.25, 0.3) is 110 Å². The summed E-state index contributed by atoms with van der Waals surface area (Å²) in [5.74, 6) is 0. The van der Waals surface area contributed by atoms with Gasteiger partial charge in [0.25, 0.3) is 0 Å². The third-order valence-electron chi connectivity index (χ3n) is 13.2. The Hall–Kier alpha value is -7.69. The summed E-state index contributed by atoms with van der Waals surface area (Å²) in [4.78, 5) is 4.86. The van der Waals surface area contributed by atoms with Gasteiger partial charge in [0.2, 0.25) is 0 Å². The van der Waals surface area contributed by atoms with Crippen LogP contribution < -0.4 is 0 Å². The molecule has 4 heterocycles. The summed E-state index contributed by atoms with van der Waals surface area (Å²) in [6.45, 7) is 4.60. The summed E-state index contributed by atoms with van der Waals surface area (Å²) in [5.41, 5.74) is 18.4. The highest BCUT2D eigenvalue weighted by atomic mass is 16.3. The molecule has 1 aliphatic rings. The van der Waals surface area contributed by atoms with Crippen molar-refractivity contribution in [2.75, 3.05) is 0 Å². The van der Waals surface area contributed by atoms with Gasteiger partial charge in [0.15, 0.2) is 0 Å². The maximum atomic E-state index is 6.45. The molecule has 13 rings (SSSR count). The van der Waals surface area contributed by atoms with Crippen LogP contribution >= 0.6 is 0 Å². The first-order valence-corrected chi connectivity index (χ1v) is 20.7. The molecule has 0 unspecified atom stereocenters. The number of furan rings is 1. The van der Waals surface area contributed by atoms with E-state index in [9.17, 15) is 0 Å². The zero-order valence-corrected chi connectivity index (χ0v) is 33.1. The van der Waals surface area contributed by atoms with E-state index in [1.54, 1.807) is 0 Å². The molecule has 0 radical (unpaired) electrons. The Labute approximate surface area is 346 Å². The van der Waals surface area contributed by atoms with Gasteiger partial charge in [-0.15, -0.1) is 0 Å². The molecule has 0 saturated carbocycles. The Morgan fingerprint density at radius 1 is 0.400 bits per heavy atom. The molecule has 60 heavy (non-hydrogen) atoms. The fraction of sp³-hybridized carbons (Fsp3) is 0.0536. The van der Waals surface area contributed by atoms with Crippen molar-refractivity contribution >= 4 is 65.6 Å². The van der Waals surface area contributed by atoms with Gasteiger partial charge in [-0.3, -0.25) is 4.98 Å². The minimum Gasteiger partial charge on any atom is -0.456 e. The van der Waals surface area contributed by atoms with Crippen LogP contribution in [-0.4, -0.2) is 14.1 Å². The molecule has 0 saturated heterocycles. The molecule has 0 bridgehead atoms. The molecule has 4 heteroatoms. The summed E-state index contributed by atoms with van der Waals surface area (Å²) in [5, 5.41) is 7.18. The molecule has 12 aromatic rings. The number of fused-ring (bicyclic) bond motifs is 12. The molecule has 0 fully saturated rings. The van der Waals surface area contributed by atoms with Gasteiger partial charge in [-0.2, -0.15) is 0 Å². The van der Waals surface area contributed by atoms with Crippen molar-refractivity contribution in [1.82, 2.24) is 14.1 Å². The first kappa shape index (κ1) is 33.3. The Bertz CT molecular complexity index is 3750. The maximum absolute atomic E-state index is 6.45. The van der Waals surface area contributed by atoms with E-state index < -0.39 is 0 Å². The fourth-order valence-corrected chi connectivity index (χ4v) is 10.3. The van der Waals surface area contributed by atoms with Crippen LogP contribution in [0.15, 0.2) is 193 Å². The monoisotopic (exact) mass is 767 g/mol. The number of nitrogens with zero attached hydrogens (tertiary/aromatic N) is 3. The number of pyridine rings is 1. The minimum atomic E-state index is -0.0874. The highest BCUT2D eigenvalue weighted by molar-refractivity contribution is 6.13. The second-order valence-corrected chi connectivity index (χ2v) is 16.8. The molecule has 0 atom stereocenters. The Morgan fingerprint density at radius 2 is 0.917 bits per heavy atom. The van der Waals surface area contributed by atoms with Gasteiger partial charge in [-0.25, -0.2) is 0 Å². The molecule has 8 aromatic carbocycles. The third kappa shape index (κ3) is 4.64. The van der Waals surface area contributed by atoms with Crippen LogP contribution in [0.2, 0.25) is 0 Å². The average Bonchev–Trinajstić information content (AvgIpc) is 4.01. The number of hydrogen-bond donors (Lipinski definition) is 0. The Balaban J connectivity index is 0.922. The second kappa shape index (κ2) is 12.2. The van der Waals surface area contributed by atoms with Gasteiger partial charge in [-0.1, -0.05) is 105 Å². The SMILES string of the molecule is CC1(C)c2ccc(-n3c4ccccc4c4cc(-c5ccc6oc7ccc(-c8ccc9c(c8)c8ccccc8n9-c8ccccc8)cc7c6c5)ccc43)cc2-c2ncccc21.